The van der Waals surface area contributed by atoms with E-state index in [0.29, 0.717) is 13.1 Å². The molecular weight excluding hydrogens is 280 g/mol. The van der Waals surface area contributed by atoms with Crippen molar-refractivity contribution in [2.24, 2.45) is 3.77 Å². The quantitative estimate of drug-likeness (QED) is 0.676. The number of nitrogens with zero attached hydrogens (tertiary/aromatic N) is 1. The molecule has 9 heteroatoms. The predicted octanol–water partition coefficient (Wildman–Crippen LogP) is -0.659. The minimum absolute atomic E-state index is 0.207. The molecule has 0 unspecified atom stereocenters. The number of ether oxygens (including phenoxy) is 1. The Labute approximate surface area is 108 Å². The third kappa shape index (κ3) is 5.32. The highest BCUT2D eigenvalue weighted by molar-refractivity contribution is 8.03. The van der Waals surface area contributed by atoms with Crippen LogP contribution in [0.1, 0.15) is 13.3 Å². The average Bonchev–Trinajstić information content (AvgIpc) is 2.26. The van der Waals surface area contributed by atoms with Crippen LogP contribution in [0.3, 0.4) is 0 Å². The van der Waals surface area contributed by atoms with Crippen LogP contribution >= 0.6 is 0 Å². The predicted molar refractivity (Wildman–Crippen MR) is 68.2 cm³/mol. The Kier molecular flexibility index (Phi) is 5.54. The van der Waals surface area contributed by atoms with Crippen LogP contribution in [0, 0.1) is 0 Å². The second-order valence-electron chi connectivity index (χ2n) is 3.85. The Morgan fingerprint density at radius 1 is 1.39 bits per heavy atom. The van der Waals surface area contributed by atoms with Crippen molar-refractivity contribution in [2.75, 3.05) is 37.0 Å². The number of hydrogen-bond acceptors (Lipinski definition) is 6. The largest absolute Gasteiger partial charge is 0.466 e. The van der Waals surface area contributed by atoms with Gasteiger partial charge in [0.1, 0.15) is 0 Å². The molecule has 0 radical (unpaired) electrons. The van der Waals surface area contributed by atoms with Gasteiger partial charge in [-0.3, -0.25) is 4.79 Å². The fraction of sp³-hybridized carbons (Fsp3) is 0.889. The summed E-state index contributed by atoms with van der Waals surface area (Å²) >= 11 is 0. The zero-order valence-corrected chi connectivity index (χ0v) is 11.9. The fourth-order valence-corrected chi connectivity index (χ4v) is 5.56. The molecule has 0 aromatic carbocycles. The molecule has 0 amide bonds. The van der Waals surface area contributed by atoms with Crippen molar-refractivity contribution in [2.45, 2.75) is 13.3 Å². The van der Waals surface area contributed by atoms with Gasteiger partial charge in [0.15, 0.2) is 0 Å². The summed E-state index contributed by atoms with van der Waals surface area (Å²) in [6.07, 6.45) is -0.257. The van der Waals surface area contributed by atoms with Crippen LogP contribution in [0.2, 0.25) is 0 Å². The molecule has 0 aliphatic carbocycles. The number of rotatable bonds is 5. The standard InChI is InChI=1S/C9H18N2O5S2/c1-2-16-9(12)3-6-18(14,15)11-17(13)7-4-10-5-8-17/h10H,2-8H2,1H3. The molecule has 0 aromatic heterocycles. The van der Waals surface area contributed by atoms with E-state index in [-0.39, 0.29) is 24.5 Å². The van der Waals surface area contributed by atoms with E-state index >= 15 is 0 Å². The minimum atomic E-state index is -3.83. The molecule has 0 bridgehead atoms. The average molecular weight is 298 g/mol. The Balaban J connectivity index is 2.67. The summed E-state index contributed by atoms with van der Waals surface area (Å²) in [7, 11) is -6.52. The van der Waals surface area contributed by atoms with Gasteiger partial charge in [0.25, 0.3) is 10.0 Å². The summed E-state index contributed by atoms with van der Waals surface area (Å²) in [5.74, 6) is -0.579. The first-order chi connectivity index (χ1) is 8.37. The van der Waals surface area contributed by atoms with Crippen LogP contribution in [0.15, 0.2) is 3.77 Å². The van der Waals surface area contributed by atoms with Crippen LogP contribution in [-0.4, -0.2) is 55.6 Å². The lowest BCUT2D eigenvalue weighted by Crippen LogP contribution is -2.36. The lowest BCUT2D eigenvalue weighted by atomic mass is 10.5. The molecule has 106 valence electrons. The normalized spacial score (nSPS) is 19.2. The van der Waals surface area contributed by atoms with Crippen LogP contribution in [0.4, 0.5) is 0 Å². The van der Waals surface area contributed by atoms with Gasteiger partial charge in [0.2, 0.25) is 0 Å². The third-order valence-corrected chi connectivity index (χ3v) is 6.71. The maximum Gasteiger partial charge on any atom is 0.306 e. The Hall–Kier alpha value is -0.670. The molecule has 0 atom stereocenters. The van der Waals surface area contributed by atoms with Crippen LogP contribution in [0.5, 0.6) is 0 Å². The van der Waals surface area contributed by atoms with Gasteiger partial charge in [-0.15, -0.1) is 3.77 Å². The third-order valence-electron chi connectivity index (χ3n) is 2.31. The van der Waals surface area contributed by atoms with Gasteiger partial charge in [0, 0.05) is 24.6 Å². The Morgan fingerprint density at radius 3 is 2.56 bits per heavy atom. The molecule has 1 heterocycles. The van der Waals surface area contributed by atoms with Crippen molar-refractivity contribution in [1.82, 2.24) is 5.32 Å². The number of sulfonamides is 1. The monoisotopic (exact) mass is 298 g/mol. The van der Waals surface area contributed by atoms with E-state index in [1.54, 1.807) is 6.92 Å². The summed E-state index contributed by atoms with van der Waals surface area (Å²) < 4.78 is 43.5. The van der Waals surface area contributed by atoms with Crippen molar-refractivity contribution in [1.29, 1.82) is 0 Å². The number of esters is 1. The Morgan fingerprint density at radius 2 is 2.00 bits per heavy atom. The number of carbonyl (C=O) groups is 1. The molecule has 1 N–H and O–H groups in total. The fourth-order valence-electron chi connectivity index (χ4n) is 1.45. The molecule has 0 aromatic rings. The van der Waals surface area contributed by atoms with Gasteiger partial charge >= 0.3 is 5.97 Å². The van der Waals surface area contributed by atoms with Gasteiger partial charge in [-0.05, 0) is 6.92 Å². The van der Waals surface area contributed by atoms with Crippen molar-refractivity contribution < 1.29 is 22.2 Å². The van der Waals surface area contributed by atoms with Crippen molar-refractivity contribution in [3.05, 3.63) is 0 Å². The van der Waals surface area contributed by atoms with Crippen molar-refractivity contribution >= 4 is 25.7 Å². The maximum atomic E-state index is 12.1. The lowest BCUT2D eigenvalue weighted by molar-refractivity contribution is -0.142. The zero-order valence-electron chi connectivity index (χ0n) is 10.3. The number of hydrogen-bond donors (Lipinski definition) is 1. The SMILES string of the molecule is CCOC(=O)CCS(=O)(=O)N=S1(=O)CCNCC1. The van der Waals surface area contributed by atoms with Gasteiger partial charge in [0.05, 0.1) is 28.5 Å². The molecule has 0 spiro atoms. The summed E-state index contributed by atoms with van der Waals surface area (Å²) in [4.78, 5) is 11.1. The first kappa shape index (κ1) is 15.4. The highest BCUT2D eigenvalue weighted by Gasteiger charge is 2.20. The second kappa shape index (κ2) is 6.48. The van der Waals surface area contributed by atoms with E-state index in [4.69, 9.17) is 0 Å². The van der Waals surface area contributed by atoms with Crippen LogP contribution in [-0.2, 0) is 29.3 Å². The van der Waals surface area contributed by atoms with E-state index in [0.717, 1.165) is 0 Å². The molecule has 1 aliphatic rings. The van der Waals surface area contributed by atoms with Crippen LogP contribution < -0.4 is 5.32 Å². The van der Waals surface area contributed by atoms with Gasteiger partial charge in [-0.1, -0.05) is 0 Å². The van der Waals surface area contributed by atoms with E-state index < -0.39 is 31.5 Å². The second-order valence-corrected chi connectivity index (χ2v) is 8.38. The lowest BCUT2D eigenvalue weighted by Gasteiger charge is -2.16. The number of carbonyl (C=O) groups excluding carboxylic acids is 1. The minimum Gasteiger partial charge on any atom is -0.466 e. The Bertz CT molecular complexity index is 493. The summed E-state index contributed by atoms with van der Waals surface area (Å²) in [6.45, 7) is 2.84. The highest BCUT2D eigenvalue weighted by atomic mass is 32.3. The van der Waals surface area contributed by atoms with Crippen molar-refractivity contribution in [3.63, 3.8) is 0 Å². The molecule has 1 fully saturated rings. The topological polar surface area (TPSA) is 102 Å². The molecule has 1 aliphatic heterocycles. The van der Waals surface area contributed by atoms with Gasteiger partial charge in [-0.2, -0.15) is 0 Å². The maximum absolute atomic E-state index is 12.1. The summed E-state index contributed by atoms with van der Waals surface area (Å²) in [5, 5.41) is 2.98. The first-order valence-electron chi connectivity index (χ1n) is 5.70. The zero-order chi connectivity index (χ0) is 13.6. The van der Waals surface area contributed by atoms with E-state index in [1.165, 1.54) is 0 Å². The number of nitrogens with one attached hydrogen (secondary N) is 1. The first-order valence-corrected chi connectivity index (χ1v) is 9.16. The molecule has 1 saturated heterocycles. The summed E-state index contributed by atoms with van der Waals surface area (Å²) in [5.41, 5.74) is 0. The van der Waals surface area contributed by atoms with E-state index in [1.807, 2.05) is 0 Å². The molecular formula is C9H18N2O5S2. The molecule has 1 rings (SSSR count). The smallest absolute Gasteiger partial charge is 0.306 e. The summed E-state index contributed by atoms with van der Waals surface area (Å²) in [6, 6.07) is 0. The van der Waals surface area contributed by atoms with Crippen LogP contribution in [0.25, 0.3) is 0 Å². The van der Waals surface area contributed by atoms with Gasteiger partial charge < -0.3 is 10.1 Å². The molecule has 18 heavy (non-hydrogen) atoms. The molecule has 7 nitrogen and oxygen atoms in total. The highest BCUT2D eigenvalue weighted by Crippen LogP contribution is 2.07. The van der Waals surface area contributed by atoms with Crippen molar-refractivity contribution in [3.8, 4) is 0 Å². The van der Waals surface area contributed by atoms with Gasteiger partial charge in [-0.25, -0.2) is 12.6 Å². The molecule has 0 saturated carbocycles. The van der Waals surface area contributed by atoms with E-state index in [9.17, 15) is 17.4 Å². The van der Waals surface area contributed by atoms with E-state index in [2.05, 4.69) is 13.8 Å².